The van der Waals surface area contributed by atoms with Gasteiger partial charge in [-0.05, 0) is 25.1 Å². The van der Waals surface area contributed by atoms with Gasteiger partial charge in [-0.1, -0.05) is 23.4 Å². The van der Waals surface area contributed by atoms with Crippen LogP contribution in [0.15, 0.2) is 39.8 Å². The SMILES string of the molecule is O=C(NCCCN1CCOCC1)c1nc(CS(=O)(=O)c2ccccc2)no1. The van der Waals surface area contributed by atoms with Crippen LogP contribution < -0.4 is 5.32 Å². The first-order valence-electron chi connectivity index (χ1n) is 8.73. The smallest absolute Gasteiger partial charge is 0.315 e. The minimum atomic E-state index is -3.59. The predicted octanol–water partition coefficient (Wildman–Crippen LogP) is 0.496. The maximum absolute atomic E-state index is 12.3. The van der Waals surface area contributed by atoms with Crippen LogP contribution in [0.1, 0.15) is 22.9 Å². The number of ether oxygens (including phenoxy) is 1. The molecule has 9 nitrogen and oxygen atoms in total. The zero-order chi connectivity index (χ0) is 19.1. The molecule has 10 heteroatoms. The molecule has 0 bridgehead atoms. The highest BCUT2D eigenvalue weighted by atomic mass is 32.2. The Morgan fingerprint density at radius 2 is 1.93 bits per heavy atom. The second kappa shape index (κ2) is 9.07. The van der Waals surface area contributed by atoms with Crippen molar-refractivity contribution < 1.29 is 22.5 Å². The van der Waals surface area contributed by atoms with Crippen LogP contribution >= 0.6 is 0 Å². The van der Waals surface area contributed by atoms with E-state index in [-0.39, 0.29) is 16.6 Å². The zero-order valence-electron chi connectivity index (χ0n) is 14.8. The number of amides is 1. The lowest BCUT2D eigenvalue weighted by atomic mass is 10.3. The third kappa shape index (κ3) is 5.59. The quantitative estimate of drug-likeness (QED) is 0.644. The Bertz CT molecular complexity index is 847. The Morgan fingerprint density at radius 1 is 1.19 bits per heavy atom. The van der Waals surface area contributed by atoms with Gasteiger partial charge in [-0.15, -0.1) is 0 Å². The van der Waals surface area contributed by atoms with E-state index >= 15 is 0 Å². The van der Waals surface area contributed by atoms with E-state index in [1.165, 1.54) is 12.1 Å². The number of sulfone groups is 1. The number of aromatic nitrogens is 2. The Kier molecular flexibility index (Phi) is 6.54. The van der Waals surface area contributed by atoms with Gasteiger partial charge in [0.1, 0.15) is 5.75 Å². The van der Waals surface area contributed by atoms with Crippen LogP contribution in [0, 0.1) is 0 Å². The summed E-state index contributed by atoms with van der Waals surface area (Å²) < 4.78 is 34.8. The van der Waals surface area contributed by atoms with Crippen molar-refractivity contribution in [3.8, 4) is 0 Å². The van der Waals surface area contributed by atoms with Crippen molar-refractivity contribution in [2.75, 3.05) is 39.4 Å². The molecule has 0 radical (unpaired) electrons. The molecular weight excluding hydrogens is 372 g/mol. The summed E-state index contributed by atoms with van der Waals surface area (Å²) in [5.41, 5.74) is 0. The van der Waals surface area contributed by atoms with Crippen molar-refractivity contribution >= 4 is 15.7 Å². The molecular formula is C17H22N4O5S. The summed E-state index contributed by atoms with van der Waals surface area (Å²) in [5, 5.41) is 6.31. The molecule has 1 aromatic carbocycles. The van der Waals surface area contributed by atoms with Crippen LogP contribution in [-0.4, -0.2) is 68.8 Å². The first kappa shape index (κ1) is 19.5. The summed E-state index contributed by atoms with van der Waals surface area (Å²) in [4.78, 5) is 18.4. The van der Waals surface area contributed by atoms with E-state index < -0.39 is 21.5 Å². The highest BCUT2D eigenvalue weighted by molar-refractivity contribution is 7.90. The van der Waals surface area contributed by atoms with Gasteiger partial charge in [-0.25, -0.2) is 8.42 Å². The molecule has 1 aliphatic heterocycles. The van der Waals surface area contributed by atoms with Crippen molar-refractivity contribution in [3.63, 3.8) is 0 Å². The van der Waals surface area contributed by atoms with Gasteiger partial charge < -0.3 is 14.6 Å². The fraction of sp³-hybridized carbons (Fsp3) is 0.471. The molecule has 2 heterocycles. The summed E-state index contributed by atoms with van der Waals surface area (Å²) in [6.07, 6.45) is 0.787. The largest absolute Gasteiger partial charge is 0.379 e. The van der Waals surface area contributed by atoms with Gasteiger partial charge in [0, 0.05) is 19.6 Å². The van der Waals surface area contributed by atoms with Crippen molar-refractivity contribution in [3.05, 3.63) is 42.0 Å². The Hall–Kier alpha value is -2.30. The highest BCUT2D eigenvalue weighted by Gasteiger charge is 2.21. The van der Waals surface area contributed by atoms with Crippen molar-refractivity contribution in [2.24, 2.45) is 0 Å². The molecule has 0 aliphatic carbocycles. The van der Waals surface area contributed by atoms with Gasteiger partial charge in [0.2, 0.25) is 0 Å². The lowest BCUT2D eigenvalue weighted by molar-refractivity contribution is 0.0374. The Morgan fingerprint density at radius 3 is 2.67 bits per heavy atom. The van der Waals surface area contributed by atoms with Gasteiger partial charge >= 0.3 is 11.8 Å². The maximum Gasteiger partial charge on any atom is 0.315 e. The number of benzene rings is 1. The van der Waals surface area contributed by atoms with Crippen molar-refractivity contribution in [1.29, 1.82) is 0 Å². The fourth-order valence-electron chi connectivity index (χ4n) is 2.69. The van der Waals surface area contributed by atoms with Crippen LogP contribution in [0.5, 0.6) is 0 Å². The second-order valence-electron chi connectivity index (χ2n) is 6.15. The monoisotopic (exact) mass is 394 g/mol. The first-order valence-corrected chi connectivity index (χ1v) is 10.4. The van der Waals surface area contributed by atoms with Gasteiger partial charge in [0.15, 0.2) is 15.7 Å². The molecule has 146 valence electrons. The number of carbonyl (C=O) groups excluding carboxylic acids is 1. The second-order valence-corrected chi connectivity index (χ2v) is 8.14. The molecule has 1 aliphatic rings. The van der Waals surface area contributed by atoms with E-state index in [1.807, 2.05) is 0 Å². The lowest BCUT2D eigenvalue weighted by Gasteiger charge is -2.26. The molecule has 0 atom stereocenters. The summed E-state index contributed by atoms with van der Waals surface area (Å²) in [6, 6.07) is 8.00. The zero-order valence-corrected chi connectivity index (χ0v) is 15.7. The van der Waals surface area contributed by atoms with Gasteiger partial charge in [-0.3, -0.25) is 9.69 Å². The summed E-state index contributed by atoms with van der Waals surface area (Å²) in [7, 11) is -3.59. The first-order chi connectivity index (χ1) is 13.0. The lowest BCUT2D eigenvalue weighted by Crippen LogP contribution is -2.38. The molecule has 1 N–H and O–H groups in total. The number of rotatable bonds is 8. The minimum Gasteiger partial charge on any atom is -0.379 e. The van der Waals surface area contributed by atoms with Gasteiger partial charge in [0.05, 0.1) is 18.1 Å². The topological polar surface area (TPSA) is 115 Å². The van der Waals surface area contributed by atoms with E-state index in [2.05, 4.69) is 20.4 Å². The molecule has 0 unspecified atom stereocenters. The molecule has 1 amide bonds. The third-order valence-corrected chi connectivity index (χ3v) is 5.75. The van der Waals surface area contributed by atoms with Crippen molar-refractivity contribution in [1.82, 2.24) is 20.4 Å². The molecule has 3 rings (SSSR count). The van der Waals surface area contributed by atoms with Crippen LogP contribution in [0.4, 0.5) is 0 Å². The highest BCUT2D eigenvalue weighted by Crippen LogP contribution is 2.14. The van der Waals surface area contributed by atoms with Crippen LogP contribution in [0.2, 0.25) is 0 Å². The molecule has 1 saturated heterocycles. The molecule has 0 spiro atoms. The fourth-order valence-corrected chi connectivity index (χ4v) is 3.89. The van der Waals surface area contributed by atoms with E-state index in [1.54, 1.807) is 18.2 Å². The number of hydrogen-bond donors (Lipinski definition) is 1. The average Bonchev–Trinajstić information content (AvgIpc) is 3.14. The molecule has 0 saturated carbocycles. The Labute approximate surface area is 157 Å². The van der Waals surface area contributed by atoms with Crippen LogP contribution in [0.25, 0.3) is 0 Å². The molecule has 1 aromatic heterocycles. The number of morpholine rings is 1. The number of carbonyl (C=O) groups is 1. The summed E-state index contributed by atoms with van der Waals surface area (Å²) in [6.45, 7) is 4.62. The van der Waals surface area contributed by atoms with Crippen LogP contribution in [0.3, 0.4) is 0 Å². The van der Waals surface area contributed by atoms with E-state index in [0.717, 1.165) is 39.3 Å². The minimum absolute atomic E-state index is 0.0441. The van der Waals surface area contributed by atoms with Gasteiger partial charge in [0.25, 0.3) is 0 Å². The summed E-state index contributed by atoms with van der Waals surface area (Å²) in [5.74, 6) is -1.21. The number of nitrogens with zero attached hydrogens (tertiary/aromatic N) is 3. The molecule has 27 heavy (non-hydrogen) atoms. The molecule has 2 aromatic rings. The average molecular weight is 394 g/mol. The standard InChI is InChI=1S/C17H22N4O5S/c22-16(18-7-4-8-21-9-11-25-12-10-21)17-19-15(20-26-17)13-27(23,24)14-5-2-1-3-6-14/h1-3,5-6H,4,7-13H2,(H,18,22). The number of hydrogen-bond acceptors (Lipinski definition) is 8. The maximum atomic E-state index is 12.3. The predicted molar refractivity (Wildman–Crippen MR) is 95.8 cm³/mol. The van der Waals surface area contributed by atoms with Crippen molar-refractivity contribution in [2.45, 2.75) is 17.1 Å². The molecule has 1 fully saturated rings. The number of nitrogens with one attached hydrogen (secondary N) is 1. The van der Waals surface area contributed by atoms with E-state index in [0.29, 0.717) is 6.54 Å². The van der Waals surface area contributed by atoms with E-state index in [4.69, 9.17) is 9.26 Å². The van der Waals surface area contributed by atoms with E-state index in [9.17, 15) is 13.2 Å². The van der Waals surface area contributed by atoms with Gasteiger partial charge in [-0.2, -0.15) is 4.98 Å². The summed E-state index contributed by atoms with van der Waals surface area (Å²) >= 11 is 0. The Balaban J connectivity index is 1.47. The third-order valence-electron chi connectivity index (χ3n) is 4.12. The normalized spacial score (nSPS) is 15.6. The van der Waals surface area contributed by atoms with Crippen LogP contribution in [-0.2, 0) is 20.3 Å².